The number of hydrogen-bond donors (Lipinski definition) is 1. The van der Waals surface area contributed by atoms with Gasteiger partial charge in [0.05, 0.1) is 18.2 Å². The number of amides is 1. The van der Waals surface area contributed by atoms with E-state index in [0.29, 0.717) is 5.92 Å². The number of nitrogens with one attached hydrogen (secondary N) is 1. The maximum absolute atomic E-state index is 12.4. The molecule has 2 unspecified atom stereocenters. The number of rotatable bonds is 4. The zero-order valence-corrected chi connectivity index (χ0v) is 13.7. The fourth-order valence-electron chi connectivity index (χ4n) is 2.68. The Morgan fingerprint density at radius 2 is 2.45 bits per heavy atom. The molecular weight excluding hydrogens is 298 g/mol. The van der Waals surface area contributed by atoms with Gasteiger partial charge in [-0.15, -0.1) is 11.3 Å². The first-order valence-corrected chi connectivity index (χ1v) is 8.49. The first-order valence-electron chi connectivity index (χ1n) is 7.61. The van der Waals surface area contributed by atoms with Crippen LogP contribution in [0.1, 0.15) is 42.2 Å². The minimum atomic E-state index is -0.156. The molecule has 2 atom stereocenters. The van der Waals surface area contributed by atoms with Gasteiger partial charge in [0.1, 0.15) is 5.82 Å². The Bertz CT molecular complexity index is 630. The van der Waals surface area contributed by atoms with Gasteiger partial charge >= 0.3 is 0 Å². The van der Waals surface area contributed by atoms with E-state index in [1.807, 2.05) is 37.6 Å². The number of hydrogen-bond acceptors (Lipinski definition) is 4. The molecule has 3 rings (SSSR count). The van der Waals surface area contributed by atoms with Crippen molar-refractivity contribution in [1.29, 1.82) is 0 Å². The summed E-state index contributed by atoms with van der Waals surface area (Å²) >= 11 is 1.60. The second kappa shape index (κ2) is 6.62. The van der Waals surface area contributed by atoms with Crippen LogP contribution in [0.15, 0.2) is 23.6 Å². The van der Waals surface area contributed by atoms with Crippen LogP contribution in [0.3, 0.4) is 0 Å². The summed E-state index contributed by atoms with van der Waals surface area (Å²) in [6.45, 7) is 3.48. The van der Waals surface area contributed by atoms with Crippen molar-refractivity contribution in [2.75, 3.05) is 18.5 Å². The molecule has 22 heavy (non-hydrogen) atoms. The van der Waals surface area contributed by atoms with Crippen LogP contribution < -0.4 is 5.32 Å². The highest BCUT2D eigenvalue weighted by Crippen LogP contribution is 2.27. The smallest absolute Gasteiger partial charge is 0.233 e. The van der Waals surface area contributed by atoms with Crippen molar-refractivity contribution in [1.82, 2.24) is 9.78 Å². The van der Waals surface area contributed by atoms with E-state index in [4.69, 9.17) is 4.74 Å². The van der Waals surface area contributed by atoms with Gasteiger partial charge in [-0.25, -0.2) is 0 Å². The lowest BCUT2D eigenvalue weighted by molar-refractivity contribution is -0.117. The van der Waals surface area contributed by atoms with Gasteiger partial charge in [0, 0.05) is 30.5 Å². The van der Waals surface area contributed by atoms with E-state index in [0.717, 1.165) is 42.4 Å². The summed E-state index contributed by atoms with van der Waals surface area (Å²) < 4.78 is 7.26. The number of aryl methyl sites for hydroxylation is 1. The molecular formula is C16H21N3O2S. The Labute approximate surface area is 134 Å². The normalized spacial score (nSPS) is 19.8. The van der Waals surface area contributed by atoms with Crippen LogP contribution in [0.4, 0.5) is 5.82 Å². The number of ether oxygens (including phenoxy) is 1. The van der Waals surface area contributed by atoms with E-state index < -0.39 is 0 Å². The summed E-state index contributed by atoms with van der Waals surface area (Å²) in [7, 11) is 1.86. The van der Waals surface area contributed by atoms with Crippen LogP contribution in [-0.2, 0) is 16.6 Å². The molecule has 0 radical (unpaired) electrons. The molecule has 5 nitrogen and oxygen atoms in total. The predicted molar refractivity (Wildman–Crippen MR) is 87.4 cm³/mol. The number of nitrogens with zero attached hydrogens (tertiary/aromatic N) is 2. The number of thiophene rings is 1. The van der Waals surface area contributed by atoms with Gasteiger partial charge < -0.3 is 10.1 Å². The zero-order valence-electron chi connectivity index (χ0n) is 12.9. The minimum Gasteiger partial charge on any atom is -0.381 e. The minimum absolute atomic E-state index is 0.00288. The summed E-state index contributed by atoms with van der Waals surface area (Å²) in [5, 5.41) is 9.51. The molecule has 0 saturated carbocycles. The third-order valence-electron chi connectivity index (χ3n) is 4.09. The van der Waals surface area contributed by atoms with Crippen molar-refractivity contribution >= 4 is 23.1 Å². The van der Waals surface area contributed by atoms with E-state index in [2.05, 4.69) is 10.4 Å². The average Bonchev–Trinajstić information content (AvgIpc) is 3.18. The van der Waals surface area contributed by atoms with Crippen LogP contribution >= 0.6 is 11.3 Å². The Hall–Kier alpha value is -1.66. The number of carbonyl (C=O) groups is 1. The maximum atomic E-state index is 12.4. The molecule has 0 aromatic carbocycles. The van der Waals surface area contributed by atoms with Crippen LogP contribution in [0.25, 0.3) is 0 Å². The SMILES string of the molecule is CC(C(=O)Nc1cc(C2CCCOC2)nn1C)c1cccs1. The quantitative estimate of drug-likeness (QED) is 0.942. The van der Waals surface area contributed by atoms with Crippen molar-refractivity contribution in [3.8, 4) is 0 Å². The van der Waals surface area contributed by atoms with Gasteiger partial charge in [0.2, 0.25) is 5.91 Å². The Morgan fingerprint density at radius 1 is 1.59 bits per heavy atom. The lowest BCUT2D eigenvalue weighted by atomic mass is 9.99. The fourth-order valence-corrected chi connectivity index (χ4v) is 3.46. The molecule has 2 aromatic rings. The largest absolute Gasteiger partial charge is 0.381 e. The standard InChI is InChI=1S/C16H21N3O2S/c1-11(14-6-4-8-22-14)16(20)17-15-9-13(18-19(15)2)12-5-3-7-21-10-12/h4,6,8-9,11-12H,3,5,7,10H2,1-2H3,(H,17,20). The average molecular weight is 319 g/mol. The Balaban J connectivity index is 1.69. The van der Waals surface area contributed by atoms with Crippen LogP contribution in [0.5, 0.6) is 0 Å². The third kappa shape index (κ3) is 3.23. The molecule has 118 valence electrons. The summed E-state index contributed by atoms with van der Waals surface area (Å²) in [5.41, 5.74) is 1.00. The molecule has 0 aliphatic carbocycles. The second-order valence-corrected chi connectivity index (χ2v) is 6.70. The maximum Gasteiger partial charge on any atom is 0.233 e. The van der Waals surface area contributed by atoms with Crippen molar-refractivity contribution in [3.63, 3.8) is 0 Å². The highest BCUT2D eigenvalue weighted by atomic mass is 32.1. The van der Waals surface area contributed by atoms with Gasteiger partial charge in [0.25, 0.3) is 0 Å². The number of carbonyl (C=O) groups excluding carboxylic acids is 1. The molecule has 1 saturated heterocycles. The molecule has 2 aromatic heterocycles. The lowest BCUT2D eigenvalue weighted by Crippen LogP contribution is -2.19. The molecule has 1 aliphatic rings. The van der Waals surface area contributed by atoms with E-state index in [-0.39, 0.29) is 11.8 Å². The van der Waals surface area contributed by atoms with Gasteiger partial charge in [0.15, 0.2) is 0 Å². The zero-order chi connectivity index (χ0) is 15.5. The summed E-state index contributed by atoms with van der Waals surface area (Å²) in [5.74, 6) is 0.919. The van der Waals surface area contributed by atoms with Crippen molar-refractivity contribution < 1.29 is 9.53 Å². The summed E-state index contributed by atoms with van der Waals surface area (Å²) in [4.78, 5) is 13.4. The molecule has 6 heteroatoms. The molecule has 0 spiro atoms. The molecule has 1 aliphatic heterocycles. The Kier molecular flexibility index (Phi) is 4.59. The van der Waals surface area contributed by atoms with Gasteiger partial charge in [-0.2, -0.15) is 5.10 Å². The first kappa shape index (κ1) is 15.2. The fraction of sp³-hybridized carbons (Fsp3) is 0.500. The van der Waals surface area contributed by atoms with Gasteiger partial charge in [-0.05, 0) is 31.2 Å². The highest BCUT2D eigenvalue weighted by Gasteiger charge is 2.22. The van der Waals surface area contributed by atoms with E-state index in [1.54, 1.807) is 16.0 Å². The number of aromatic nitrogens is 2. The van der Waals surface area contributed by atoms with Crippen molar-refractivity contribution in [2.24, 2.45) is 7.05 Å². The topological polar surface area (TPSA) is 56.1 Å². The predicted octanol–water partition coefficient (Wildman–Crippen LogP) is 3.12. The van der Waals surface area contributed by atoms with Crippen LogP contribution in [-0.4, -0.2) is 28.9 Å². The second-order valence-electron chi connectivity index (χ2n) is 5.72. The van der Waals surface area contributed by atoms with E-state index >= 15 is 0 Å². The van der Waals surface area contributed by atoms with E-state index in [1.165, 1.54) is 0 Å². The monoisotopic (exact) mass is 319 g/mol. The van der Waals surface area contributed by atoms with Crippen molar-refractivity contribution in [2.45, 2.75) is 31.6 Å². The van der Waals surface area contributed by atoms with Crippen LogP contribution in [0, 0.1) is 0 Å². The molecule has 0 bridgehead atoms. The summed E-state index contributed by atoms with van der Waals surface area (Å²) in [6.07, 6.45) is 2.16. The van der Waals surface area contributed by atoms with Crippen LogP contribution in [0.2, 0.25) is 0 Å². The molecule has 1 amide bonds. The highest BCUT2D eigenvalue weighted by molar-refractivity contribution is 7.10. The molecule has 1 fully saturated rings. The van der Waals surface area contributed by atoms with Crippen molar-refractivity contribution in [3.05, 3.63) is 34.2 Å². The van der Waals surface area contributed by atoms with Gasteiger partial charge in [-0.1, -0.05) is 6.07 Å². The number of anilines is 1. The molecule has 3 heterocycles. The lowest BCUT2D eigenvalue weighted by Gasteiger charge is -2.19. The first-order chi connectivity index (χ1) is 10.6. The van der Waals surface area contributed by atoms with E-state index in [9.17, 15) is 4.79 Å². The summed E-state index contributed by atoms with van der Waals surface area (Å²) in [6, 6.07) is 5.93. The Morgan fingerprint density at radius 3 is 3.14 bits per heavy atom. The third-order valence-corrected chi connectivity index (χ3v) is 5.15. The molecule has 1 N–H and O–H groups in total. The van der Waals surface area contributed by atoms with Gasteiger partial charge in [-0.3, -0.25) is 9.48 Å².